The lowest BCUT2D eigenvalue weighted by molar-refractivity contribution is -0.143. The zero-order chi connectivity index (χ0) is 74.7. The van der Waals surface area contributed by atoms with Gasteiger partial charge in [0.2, 0.25) is 0 Å². The number of anilines is 1. The van der Waals surface area contributed by atoms with Crippen LogP contribution in [-0.2, 0) is 110 Å². The van der Waals surface area contributed by atoms with Crippen molar-refractivity contribution in [1.82, 2.24) is 5.32 Å². The zero-order valence-corrected chi connectivity index (χ0v) is 61.8. The Hall–Kier alpha value is -5.45. The van der Waals surface area contributed by atoms with E-state index in [9.17, 15) is 78.5 Å². The van der Waals surface area contributed by atoms with Crippen molar-refractivity contribution in [2.24, 2.45) is 21.6 Å². The van der Waals surface area contributed by atoms with Gasteiger partial charge in [0.05, 0.1) is 92.3 Å². The number of rotatable bonds is 40. The van der Waals surface area contributed by atoms with Crippen LogP contribution in [0.2, 0.25) is 0 Å². The summed E-state index contributed by atoms with van der Waals surface area (Å²) in [6.45, 7) is 4.53. The molecule has 44 heteroatoms. The molecule has 1 saturated heterocycles. The van der Waals surface area contributed by atoms with Crippen LogP contribution in [0, 0.1) is 17.8 Å². The summed E-state index contributed by atoms with van der Waals surface area (Å²) in [7, 11) is -23.7. The predicted molar refractivity (Wildman–Crippen MR) is 369 cm³/mol. The van der Waals surface area contributed by atoms with E-state index in [1.807, 2.05) is 13.8 Å². The van der Waals surface area contributed by atoms with Crippen LogP contribution in [0.3, 0.4) is 0 Å². The molecule has 2 aromatic carbocycles. The van der Waals surface area contributed by atoms with E-state index >= 15 is 0 Å². The first kappa shape index (κ1) is 84.5. The quantitative estimate of drug-likeness (QED) is 0.00238. The Balaban J connectivity index is 0.813. The molecule has 12 N–H and O–H groups in total. The van der Waals surface area contributed by atoms with Gasteiger partial charge in [-0.3, -0.25) is 33.0 Å². The highest BCUT2D eigenvalue weighted by molar-refractivity contribution is 8.77. The molecule has 558 valence electrons. The number of amides is 2. The van der Waals surface area contributed by atoms with Crippen molar-refractivity contribution in [3.05, 3.63) is 70.6 Å². The van der Waals surface area contributed by atoms with Crippen LogP contribution < -0.4 is 22.1 Å². The van der Waals surface area contributed by atoms with Crippen LogP contribution in [0.1, 0.15) is 85.9 Å². The molecule has 0 radical (unpaired) electrons. The molecule has 0 aromatic heterocycles. The number of hydrogen-bond donors (Lipinski definition) is 10. The number of phosphoric acid groups is 3. The number of unbranched alkanes of at least 4 members (excludes halogenated alkanes) is 1. The van der Waals surface area contributed by atoms with Gasteiger partial charge in [0.15, 0.2) is 26.9 Å². The third-order valence-electron chi connectivity index (χ3n) is 14.2. The number of Topliss-reactive ketones (excluding diaryl/α,β-unsaturated/α-hetero) is 1. The molecule has 0 bridgehead atoms. The molecular weight excluding hydrogens is 1520 g/mol. The van der Waals surface area contributed by atoms with E-state index in [4.69, 9.17) is 74.5 Å². The molecule has 7 atom stereocenters. The monoisotopic (exact) mass is 1590 g/mol. The standard InChI is InChI=1S/C57H74N5O30P3S6/c1-57(2,98-97-32-84-21-7-8-23-85-47(64)12-6-5-10-35-29-40(54(65)62-53(35)59)44-30-45(87-33-99(4)96)46(89-44)31-88-94(72,73)92-95(74,75)91-93(69,70)71)19-24-86-56(68)61-20-25-83-27-26-82-22-9-11-43(63)34-13-14-36(55(66)67)39(28-34)48-37-15-17-41(58)51(100(76,77)78)49(37)90-50-38(48)16-18-42(60-3)52(50)101(79,80)81/h13-18,28-29,40,44-46H,6-9,11-12,19-27,30-33,58H2,1-4H3,(H,61,68)(H,66,67)(H,72,73)(H,74,75)(H2,59,62,65)(H2,69,70,71)(H,76,77,78)(H,79,80,81)/t40?,44-,45+,46-,99?/m1/s1. The molecule has 3 aliphatic heterocycles. The number of nitrogens with two attached hydrogens (primary N) is 2. The van der Waals surface area contributed by atoms with Gasteiger partial charge in [-0.25, -0.2) is 23.3 Å². The number of alkyl carbamates (subject to hydrolysis) is 1. The van der Waals surface area contributed by atoms with E-state index in [1.54, 1.807) is 17.0 Å². The maximum absolute atomic E-state index is 13.6. The number of aliphatic imine (C=N–C) groups is 1. The Kier molecular flexibility index (Phi) is 31.8. The second kappa shape index (κ2) is 38.0. The fourth-order valence-corrected chi connectivity index (χ4v) is 17.1. The van der Waals surface area contributed by atoms with E-state index in [0.717, 1.165) is 12.1 Å². The van der Waals surface area contributed by atoms with Gasteiger partial charge in [-0.05, 0) is 105 Å². The highest BCUT2D eigenvalue weighted by Crippen LogP contribution is 2.66. The second-order valence-corrected chi connectivity index (χ2v) is 35.5. The van der Waals surface area contributed by atoms with Crippen molar-refractivity contribution in [2.45, 2.75) is 98.1 Å². The average Bonchev–Trinajstić information content (AvgIpc) is 1.02. The number of ether oxygens (including phenoxy) is 7. The second-order valence-electron chi connectivity index (χ2n) is 22.3. The van der Waals surface area contributed by atoms with Crippen molar-refractivity contribution in [1.29, 1.82) is 0 Å². The van der Waals surface area contributed by atoms with Gasteiger partial charge < -0.3 is 79.0 Å². The number of nitrogens with one attached hydrogen (secondary N) is 1. The van der Waals surface area contributed by atoms with Crippen LogP contribution in [-0.4, -0.2) is 194 Å². The largest absolute Gasteiger partial charge is 0.490 e. The highest BCUT2D eigenvalue weighted by Gasteiger charge is 2.46. The van der Waals surface area contributed by atoms with Crippen molar-refractivity contribution in [3.8, 4) is 34.3 Å². The van der Waals surface area contributed by atoms with Gasteiger partial charge in [0.25, 0.3) is 26.1 Å². The summed E-state index contributed by atoms with van der Waals surface area (Å²) >= 11 is 5.18. The number of carbonyl (C=O) groups excluding carboxylic acids is 4. The number of nitrogens with zero attached hydrogens (tertiary/aromatic N) is 2. The Morgan fingerprint density at radius 2 is 1.55 bits per heavy atom. The maximum atomic E-state index is 13.6. The topological polar surface area (TPSA) is 541 Å². The third-order valence-corrected chi connectivity index (χ3v) is 23.6. The summed E-state index contributed by atoms with van der Waals surface area (Å²) in [5.41, 5.74) is 10.1. The van der Waals surface area contributed by atoms with E-state index in [1.165, 1.54) is 54.2 Å². The number of fused-ring (bicyclic) bond motifs is 2. The number of aromatic carboxylic acids is 1. The Morgan fingerprint density at radius 3 is 2.23 bits per heavy atom. The van der Waals surface area contributed by atoms with Crippen LogP contribution in [0.15, 0.2) is 78.3 Å². The van der Waals surface area contributed by atoms with Crippen molar-refractivity contribution < 1.29 is 139 Å². The highest BCUT2D eigenvalue weighted by atomic mass is 33.1. The Labute approximate surface area is 593 Å². The third kappa shape index (κ3) is 26.6. The molecule has 35 nitrogen and oxygen atoms in total. The van der Waals surface area contributed by atoms with Gasteiger partial charge in [0, 0.05) is 72.9 Å². The molecular formula is C57H74N5O30P3S6. The number of esters is 1. The van der Waals surface area contributed by atoms with Crippen LogP contribution in [0.4, 0.5) is 10.5 Å². The molecule has 6 rings (SSSR count). The number of amidine groups is 1. The first-order valence-corrected chi connectivity index (χ1v) is 42.4. The summed E-state index contributed by atoms with van der Waals surface area (Å²) in [6, 6.07) is 8.52. The van der Waals surface area contributed by atoms with Gasteiger partial charge >= 0.3 is 41.5 Å². The first-order chi connectivity index (χ1) is 47.3. The molecule has 1 fully saturated rings. The number of nitrogen functional groups attached to an aromatic ring is 1. The fourth-order valence-electron chi connectivity index (χ4n) is 9.66. The molecule has 3 heterocycles. The smallest absolute Gasteiger partial charge is 0.478 e. The zero-order valence-electron chi connectivity index (χ0n) is 54.2. The Morgan fingerprint density at radius 1 is 0.861 bits per heavy atom. The maximum Gasteiger partial charge on any atom is 0.490 e. The molecule has 0 spiro atoms. The molecule has 4 unspecified atom stereocenters. The van der Waals surface area contributed by atoms with E-state index in [0.29, 0.717) is 31.8 Å². The molecule has 2 amide bonds. The van der Waals surface area contributed by atoms with Crippen LogP contribution in [0.5, 0.6) is 0 Å². The summed E-state index contributed by atoms with van der Waals surface area (Å²) < 4.78 is 163. The first-order valence-electron chi connectivity index (χ1n) is 30.0. The number of carboxylic acids is 1. The number of carbonyl (C=O) groups is 5. The number of benzene rings is 3. The summed E-state index contributed by atoms with van der Waals surface area (Å²) in [6.07, 6.45) is 1.20. The molecule has 101 heavy (non-hydrogen) atoms. The van der Waals surface area contributed by atoms with Gasteiger partial charge in [-0.2, -0.15) is 30.4 Å². The molecule has 0 saturated carbocycles. The van der Waals surface area contributed by atoms with E-state index < -0.39 is 146 Å². The molecule has 1 aliphatic carbocycles. The predicted octanol–water partition coefficient (Wildman–Crippen LogP) is 5.86. The number of ketones is 1. The van der Waals surface area contributed by atoms with E-state index in [-0.39, 0.29) is 133 Å². The lowest BCUT2D eigenvalue weighted by Gasteiger charge is -2.22. The summed E-state index contributed by atoms with van der Waals surface area (Å²) in [4.78, 5) is 107. The Bertz CT molecular complexity index is 4290. The van der Waals surface area contributed by atoms with Gasteiger partial charge in [-0.1, -0.05) is 48.9 Å². The fraction of sp³-hybridized carbons (Fsp3) is 0.491. The minimum absolute atomic E-state index is 0.00190. The summed E-state index contributed by atoms with van der Waals surface area (Å²) in [5, 5.41) is 12.5. The molecule has 2 aromatic rings. The lowest BCUT2D eigenvalue weighted by atomic mass is 9.88. The minimum Gasteiger partial charge on any atom is -0.478 e. The van der Waals surface area contributed by atoms with Crippen LogP contribution in [0.25, 0.3) is 33.4 Å². The number of dihydropyridines is 1. The lowest BCUT2D eigenvalue weighted by Crippen LogP contribution is -2.33. The van der Waals surface area contributed by atoms with Crippen LogP contribution >= 0.6 is 45.1 Å². The summed E-state index contributed by atoms with van der Waals surface area (Å²) in [5.74, 6) is 0.930. The number of hydrogen-bond acceptors (Lipinski definition) is 29. The van der Waals surface area contributed by atoms with E-state index in [2.05, 4.69) is 35.8 Å². The van der Waals surface area contributed by atoms with Crippen molar-refractivity contribution >= 4 is 138 Å². The minimum atomic E-state index is -5.79. The average molecular weight is 1590 g/mol. The van der Waals surface area contributed by atoms with Gasteiger partial charge in [0.1, 0.15) is 17.9 Å². The SMILES string of the molecule is CN=c1ccc2c(-c3cc(C(=O)CCCOCCOCCNC(=O)OCCC(C)(C)SSCOCCCCOC(=O)CCC#CC4=CC([C@H]5C[C@H](OCS(C)=S)[C@@H](COP(=O)(O)OP(=O)(O)OP(=O)(O)O)O5)C(=O)N=C4N)ccc3C(=O)O)c3ccc(N)c(S(=O)(=O)O)c3oc-2c1S(=O)(=O)O. The van der Waals surface area contributed by atoms with Crippen molar-refractivity contribution in [3.63, 3.8) is 0 Å². The van der Waals surface area contributed by atoms with Crippen molar-refractivity contribution in [2.75, 3.05) is 90.3 Å². The normalized spacial score (nSPS) is 18.4. The number of carboxylic acid groups (broad SMARTS) is 1. The van der Waals surface area contributed by atoms with Gasteiger partial charge in [-0.15, -0.1) is 0 Å². The number of phosphoric ester groups is 1. The molecule has 4 aliphatic rings.